The van der Waals surface area contributed by atoms with Crippen molar-refractivity contribution in [3.8, 4) is 0 Å². The summed E-state index contributed by atoms with van der Waals surface area (Å²) in [5.41, 5.74) is 0.801. The molecule has 2 rings (SSSR count). The summed E-state index contributed by atoms with van der Waals surface area (Å²) in [6.07, 6.45) is 3.55. The highest BCUT2D eigenvalue weighted by Crippen LogP contribution is 2.02. The number of aromatic nitrogens is 2. The normalized spacial score (nSPS) is 16.0. The molecule has 15 heavy (non-hydrogen) atoms. The van der Waals surface area contributed by atoms with Crippen LogP contribution in [0.2, 0.25) is 0 Å². The number of nitrogens with zero attached hydrogens (tertiary/aromatic N) is 2. The van der Waals surface area contributed by atoms with Crippen LogP contribution in [-0.4, -0.2) is 39.3 Å². The van der Waals surface area contributed by atoms with E-state index in [0.717, 1.165) is 10.6 Å². The number of nitrogens with one attached hydrogen (secondary N) is 2. The highest BCUT2D eigenvalue weighted by Gasteiger charge is 2.36. The van der Waals surface area contributed by atoms with E-state index >= 15 is 0 Å². The molecule has 1 aromatic heterocycles. The minimum Gasteiger partial charge on any atom is -0.348 e. The van der Waals surface area contributed by atoms with Crippen molar-refractivity contribution in [3.05, 3.63) is 18.2 Å². The predicted molar refractivity (Wildman–Crippen MR) is 47.5 cm³/mol. The van der Waals surface area contributed by atoms with Crippen molar-refractivity contribution < 1.29 is 14.4 Å². The van der Waals surface area contributed by atoms with Gasteiger partial charge in [0, 0.05) is 24.9 Å². The van der Waals surface area contributed by atoms with Crippen molar-refractivity contribution in [3.63, 3.8) is 0 Å². The SMILES string of the molecule is O=C1NC(=O)N(CCc2cnc[nH]2)C1=O. The Labute approximate surface area is 84.5 Å². The Morgan fingerprint density at radius 3 is 2.67 bits per heavy atom. The molecule has 1 aromatic rings. The molecule has 2 N–H and O–H groups in total. The predicted octanol–water partition coefficient (Wildman–Crippen LogP) is -0.969. The van der Waals surface area contributed by atoms with Gasteiger partial charge in [-0.1, -0.05) is 0 Å². The molecule has 0 aliphatic carbocycles. The van der Waals surface area contributed by atoms with Crippen LogP contribution in [0.3, 0.4) is 0 Å². The third kappa shape index (κ3) is 1.71. The second-order valence-electron chi connectivity index (χ2n) is 3.04. The molecule has 7 heteroatoms. The molecule has 4 amide bonds. The van der Waals surface area contributed by atoms with Gasteiger partial charge in [0.05, 0.1) is 6.33 Å². The zero-order valence-electron chi connectivity index (χ0n) is 7.69. The molecule has 0 atom stereocenters. The van der Waals surface area contributed by atoms with Crippen LogP contribution in [0.5, 0.6) is 0 Å². The van der Waals surface area contributed by atoms with Crippen LogP contribution >= 0.6 is 0 Å². The van der Waals surface area contributed by atoms with Gasteiger partial charge < -0.3 is 4.98 Å². The van der Waals surface area contributed by atoms with Gasteiger partial charge in [-0.3, -0.25) is 19.8 Å². The molecule has 1 fully saturated rings. The molecule has 1 saturated heterocycles. The largest absolute Gasteiger partial charge is 0.348 e. The number of hydrogen-bond acceptors (Lipinski definition) is 4. The van der Waals surface area contributed by atoms with Crippen LogP contribution in [0.25, 0.3) is 0 Å². The molecule has 0 unspecified atom stereocenters. The van der Waals surface area contributed by atoms with Gasteiger partial charge >= 0.3 is 17.8 Å². The first-order chi connectivity index (χ1) is 7.18. The lowest BCUT2D eigenvalue weighted by atomic mass is 10.3. The lowest BCUT2D eigenvalue weighted by Crippen LogP contribution is -2.33. The topological polar surface area (TPSA) is 95.2 Å². The number of carbonyl (C=O) groups is 3. The number of aromatic amines is 1. The standard InChI is InChI=1S/C8H8N4O3/c13-6-7(14)12(8(15)11-6)2-1-5-3-9-4-10-5/h3-4H,1-2H2,(H,9,10)(H,11,13,15). The average molecular weight is 208 g/mol. The van der Waals surface area contributed by atoms with Gasteiger partial charge in [0.2, 0.25) is 0 Å². The monoisotopic (exact) mass is 208 g/mol. The molecule has 1 aliphatic heterocycles. The Kier molecular flexibility index (Phi) is 2.20. The highest BCUT2D eigenvalue weighted by atomic mass is 16.2. The van der Waals surface area contributed by atoms with E-state index in [1.54, 1.807) is 6.20 Å². The van der Waals surface area contributed by atoms with E-state index in [9.17, 15) is 14.4 Å². The maximum absolute atomic E-state index is 11.1. The Bertz CT molecular complexity index is 412. The number of H-pyrrole nitrogens is 1. The van der Waals surface area contributed by atoms with E-state index < -0.39 is 17.8 Å². The summed E-state index contributed by atoms with van der Waals surface area (Å²) in [4.78, 5) is 40.6. The summed E-state index contributed by atoms with van der Waals surface area (Å²) in [6.45, 7) is 0.165. The zero-order chi connectivity index (χ0) is 10.8. The lowest BCUT2D eigenvalue weighted by Gasteiger charge is -2.09. The average Bonchev–Trinajstić information content (AvgIpc) is 2.76. The quantitative estimate of drug-likeness (QED) is 0.493. The maximum Gasteiger partial charge on any atom is 0.331 e. The summed E-state index contributed by atoms with van der Waals surface area (Å²) in [7, 11) is 0. The van der Waals surface area contributed by atoms with Crippen molar-refractivity contribution in [2.75, 3.05) is 6.54 Å². The van der Waals surface area contributed by atoms with E-state index in [1.807, 2.05) is 5.32 Å². The summed E-state index contributed by atoms with van der Waals surface area (Å²) >= 11 is 0. The summed E-state index contributed by atoms with van der Waals surface area (Å²) in [5, 5.41) is 1.92. The van der Waals surface area contributed by atoms with E-state index in [-0.39, 0.29) is 6.54 Å². The van der Waals surface area contributed by atoms with Crippen LogP contribution < -0.4 is 5.32 Å². The van der Waals surface area contributed by atoms with Gasteiger partial charge in [0.1, 0.15) is 0 Å². The van der Waals surface area contributed by atoms with E-state index in [0.29, 0.717) is 6.42 Å². The van der Waals surface area contributed by atoms with Crippen LogP contribution in [0.4, 0.5) is 4.79 Å². The fourth-order valence-electron chi connectivity index (χ4n) is 1.29. The molecule has 0 spiro atoms. The number of imidazole rings is 1. The maximum atomic E-state index is 11.1. The van der Waals surface area contributed by atoms with Gasteiger partial charge in [-0.15, -0.1) is 0 Å². The third-order valence-electron chi connectivity index (χ3n) is 2.06. The van der Waals surface area contributed by atoms with Gasteiger partial charge in [-0.05, 0) is 0 Å². The van der Waals surface area contributed by atoms with Gasteiger partial charge in [-0.25, -0.2) is 9.78 Å². The number of hydrogen-bond donors (Lipinski definition) is 2. The van der Waals surface area contributed by atoms with E-state index in [2.05, 4.69) is 9.97 Å². The Morgan fingerprint density at radius 2 is 2.13 bits per heavy atom. The molecular formula is C8H8N4O3. The molecule has 7 nitrogen and oxygen atoms in total. The molecule has 0 saturated carbocycles. The van der Waals surface area contributed by atoms with Crippen molar-refractivity contribution in [2.24, 2.45) is 0 Å². The first-order valence-electron chi connectivity index (χ1n) is 4.32. The lowest BCUT2D eigenvalue weighted by molar-refractivity contribution is -0.140. The van der Waals surface area contributed by atoms with Crippen LogP contribution in [0.1, 0.15) is 5.69 Å². The fraction of sp³-hybridized carbons (Fsp3) is 0.250. The first-order valence-corrected chi connectivity index (χ1v) is 4.32. The smallest absolute Gasteiger partial charge is 0.331 e. The third-order valence-corrected chi connectivity index (χ3v) is 2.06. The van der Waals surface area contributed by atoms with E-state index in [4.69, 9.17) is 0 Å². The van der Waals surface area contributed by atoms with Gasteiger partial charge in [-0.2, -0.15) is 0 Å². The summed E-state index contributed by atoms with van der Waals surface area (Å²) < 4.78 is 0. The minimum absolute atomic E-state index is 0.165. The summed E-state index contributed by atoms with van der Waals surface area (Å²) in [5.74, 6) is -1.68. The van der Waals surface area contributed by atoms with Gasteiger partial charge in [0.15, 0.2) is 0 Å². The fourth-order valence-corrected chi connectivity index (χ4v) is 1.29. The Morgan fingerprint density at radius 1 is 1.33 bits per heavy atom. The number of imide groups is 2. The molecule has 1 aliphatic rings. The van der Waals surface area contributed by atoms with Crippen molar-refractivity contribution in [2.45, 2.75) is 6.42 Å². The number of urea groups is 1. The number of carbonyl (C=O) groups excluding carboxylic acids is 3. The Balaban J connectivity index is 1.98. The molecule has 0 aromatic carbocycles. The van der Waals surface area contributed by atoms with Crippen molar-refractivity contribution in [1.29, 1.82) is 0 Å². The highest BCUT2D eigenvalue weighted by molar-refractivity contribution is 6.44. The van der Waals surface area contributed by atoms with Crippen molar-refractivity contribution >= 4 is 17.8 Å². The van der Waals surface area contributed by atoms with Crippen LogP contribution in [0.15, 0.2) is 12.5 Å². The molecule has 0 radical (unpaired) electrons. The number of amides is 4. The van der Waals surface area contributed by atoms with Crippen LogP contribution in [0, 0.1) is 0 Å². The molecule has 0 bridgehead atoms. The molecule has 2 heterocycles. The van der Waals surface area contributed by atoms with Crippen molar-refractivity contribution in [1.82, 2.24) is 20.2 Å². The first kappa shape index (κ1) is 9.38. The molecule has 78 valence electrons. The second kappa shape index (κ2) is 3.52. The molecular weight excluding hydrogens is 200 g/mol. The van der Waals surface area contributed by atoms with Gasteiger partial charge in [0.25, 0.3) is 0 Å². The second-order valence-corrected chi connectivity index (χ2v) is 3.04. The van der Waals surface area contributed by atoms with Crippen LogP contribution in [-0.2, 0) is 16.0 Å². The minimum atomic E-state index is -0.871. The summed E-state index contributed by atoms with van der Waals surface area (Å²) in [6, 6.07) is -0.662. The number of rotatable bonds is 3. The Hall–Kier alpha value is -2.18. The zero-order valence-corrected chi connectivity index (χ0v) is 7.69. The van der Waals surface area contributed by atoms with E-state index in [1.165, 1.54) is 6.33 Å².